The van der Waals surface area contributed by atoms with Gasteiger partial charge in [-0.05, 0) is 34.5 Å². The number of halogens is 1. The molecule has 0 fully saturated rings. The zero-order chi connectivity index (χ0) is 15.0. The molecule has 0 radical (unpaired) electrons. The number of para-hydroxylation sites is 1. The van der Waals surface area contributed by atoms with Gasteiger partial charge < -0.3 is 4.52 Å². The average molecular weight is 350 g/mol. The number of hydrogen-bond donors (Lipinski definition) is 0. The number of amides is 1. The maximum Gasteiger partial charge on any atom is 0.299 e. The number of fused-ring (bicyclic) bond motifs is 1. The zero-order valence-corrected chi connectivity index (χ0v) is 12.9. The van der Waals surface area contributed by atoms with E-state index in [0.29, 0.717) is 27.4 Å². The number of nitrogens with zero attached hydrogens (tertiary/aromatic N) is 3. The van der Waals surface area contributed by atoms with E-state index in [1.807, 2.05) is 6.92 Å². The third-order valence-electron chi connectivity index (χ3n) is 3.22. The molecule has 1 aromatic carbocycles. The lowest BCUT2D eigenvalue weighted by Crippen LogP contribution is -2.29. The molecular weight excluding hydrogens is 338 g/mol. The molecule has 108 valence electrons. The maximum absolute atomic E-state index is 12.1. The molecule has 0 aliphatic carbocycles. The van der Waals surface area contributed by atoms with E-state index in [2.05, 4.69) is 26.1 Å². The van der Waals surface area contributed by atoms with Crippen LogP contribution in [0.2, 0.25) is 0 Å². The van der Waals surface area contributed by atoms with Gasteiger partial charge in [-0.3, -0.25) is 14.5 Å². The summed E-state index contributed by atoms with van der Waals surface area (Å²) in [7, 11) is 0. The van der Waals surface area contributed by atoms with Gasteiger partial charge in [0.15, 0.2) is 5.82 Å². The highest BCUT2D eigenvalue weighted by Gasteiger charge is 2.38. The van der Waals surface area contributed by atoms with Crippen molar-refractivity contribution in [3.8, 4) is 0 Å². The van der Waals surface area contributed by atoms with Gasteiger partial charge >= 0.3 is 0 Å². The SMILES string of the molecule is CCCc1noc(CN2C(=O)C(=O)c3cccc(Br)c32)n1. The second-order valence-electron chi connectivity index (χ2n) is 4.71. The highest BCUT2D eigenvalue weighted by Crippen LogP contribution is 2.36. The van der Waals surface area contributed by atoms with Crippen molar-refractivity contribution in [2.24, 2.45) is 0 Å². The molecule has 7 heteroatoms. The topological polar surface area (TPSA) is 76.3 Å². The van der Waals surface area contributed by atoms with Gasteiger partial charge in [-0.25, -0.2) is 0 Å². The minimum atomic E-state index is -0.577. The van der Waals surface area contributed by atoms with Crippen molar-refractivity contribution in [1.29, 1.82) is 0 Å². The Morgan fingerprint density at radius 1 is 1.33 bits per heavy atom. The van der Waals surface area contributed by atoms with E-state index in [4.69, 9.17) is 4.52 Å². The van der Waals surface area contributed by atoms with E-state index in [1.54, 1.807) is 18.2 Å². The Morgan fingerprint density at radius 2 is 2.14 bits per heavy atom. The lowest BCUT2D eigenvalue weighted by Gasteiger charge is -2.15. The molecule has 0 saturated heterocycles. The van der Waals surface area contributed by atoms with Crippen LogP contribution in [0.5, 0.6) is 0 Å². The predicted octanol–water partition coefficient (Wildman–Crippen LogP) is 2.51. The fourth-order valence-electron chi connectivity index (χ4n) is 2.28. The number of aryl methyl sites for hydroxylation is 1. The minimum Gasteiger partial charge on any atom is -0.337 e. The Kier molecular flexibility index (Phi) is 3.59. The molecule has 2 aromatic rings. The molecular formula is C14H12BrN3O3. The molecule has 1 aromatic heterocycles. The van der Waals surface area contributed by atoms with E-state index in [9.17, 15) is 9.59 Å². The van der Waals surface area contributed by atoms with Crippen molar-refractivity contribution < 1.29 is 14.1 Å². The van der Waals surface area contributed by atoms with Crippen LogP contribution in [0.25, 0.3) is 0 Å². The van der Waals surface area contributed by atoms with Crippen molar-refractivity contribution >= 4 is 33.3 Å². The van der Waals surface area contributed by atoms with Gasteiger partial charge in [0.05, 0.1) is 11.3 Å². The third kappa shape index (κ3) is 2.37. The molecule has 0 saturated carbocycles. The summed E-state index contributed by atoms with van der Waals surface area (Å²) in [5.41, 5.74) is 0.949. The van der Waals surface area contributed by atoms with Crippen molar-refractivity contribution in [3.63, 3.8) is 0 Å². The first-order valence-electron chi connectivity index (χ1n) is 6.58. The Morgan fingerprint density at radius 3 is 2.90 bits per heavy atom. The van der Waals surface area contributed by atoms with Crippen LogP contribution in [0, 0.1) is 0 Å². The largest absolute Gasteiger partial charge is 0.337 e. The molecule has 0 spiro atoms. The van der Waals surface area contributed by atoms with Crippen molar-refractivity contribution in [3.05, 3.63) is 40.0 Å². The van der Waals surface area contributed by atoms with Crippen LogP contribution in [-0.2, 0) is 17.8 Å². The summed E-state index contributed by atoms with van der Waals surface area (Å²) < 4.78 is 5.82. The third-order valence-corrected chi connectivity index (χ3v) is 3.86. The number of aromatic nitrogens is 2. The molecule has 0 unspecified atom stereocenters. The summed E-state index contributed by atoms with van der Waals surface area (Å²) in [5, 5.41) is 3.85. The number of hydrogen-bond acceptors (Lipinski definition) is 5. The second-order valence-corrected chi connectivity index (χ2v) is 5.57. The maximum atomic E-state index is 12.1. The second kappa shape index (κ2) is 5.40. The van der Waals surface area contributed by atoms with Crippen molar-refractivity contribution in [2.75, 3.05) is 4.90 Å². The lowest BCUT2D eigenvalue weighted by atomic mass is 10.1. The number of benzene rings is 1. The first-order valence-corrected chi connectivity index (χ1v) is 7.37. The number of carbonyl (C=O) groups is 2. The molecule has 6 nitrogen and oxygen atoms in total. The molecule has 2 heterocycles. The average Bonchev–Trinajstić information content (AvgIpc) is 3.00. The van der Waals surface area contributed by atoms with Crippen LogP contribution in [0.15, 0.2) is 27.2 Å². The molecule has 21 heavy (non-hydrogen) atoms. The number of carbonyl (C=O) groups excluding carboxylic acids is 2. The van der Waals surface area contributed by atoms with E-state index in [0.717, 1.165) is 12.8 Å². The summed E-state index contributed by atoms with van der Waals surface area (Å²) in [6.07, 6.45) is 1.63. The summed E-state index contributed by atoms with van der Waals surface area (Å²) in [6.45, 7) is 2.11. The van der Waals surface area contributed by atoms with E-state index >= 15 is 0 Å². The molecule has 0 N–H and O–H groups in total. The standard InChI is InChI=1S/C14H12BrN3O3/c1-2-4-10-16-11(21-17-10)7-18-12-8(13(19)14(18)20)5-3-6-9(12)15/h3,5-6H,2,4,7H2,1H3. The van der Waals surface area contributed by atoms with Gasteiger partial charge in [0, 0.05) is 10.9 Å². The van der Waals surface area contributed by atoms with Gasteiger partial charge in [-0.1, -0.05) is 18.1 Å². The summed E-state index contributed by atoms with van der Waals surface area (Å²) in [6, 6.07) is 5.15. The van der Waals surface area contributed by atoms with Crippen molar-refractivity contribution in [1.82, 2.24) is 10.1 Å². The Labute approximate surface area is 129 Å². The normalized spacial score (nSPS) is 13.9. The van der Waals surface area contributed by atoms with Crippen LogP contribution in [0.3, 0.4) is 0 Å². The van der Waals surface area contributed by atoms with Crippen LogP contribution < -0.4 is 4.90 Å². The molecule has 1 aliphatic heterocycles. The van der Waals surface area contributed by atoms with Gasteiger partial charge in [0.25, 0.3) is 11.7 Å². The fourth-order valence-corrected chi connectivity index (χ4v) is 2.86. The van der Waals surface area contributed by atoms with Gasteiger partial charge in [0.2, 0.25) is 5.89 Å². The number of ketones is 1. The zero-order valence-electron chi connectivity index (χ0n) is 11.3. The number of Topliss-reactive ketones (excluding diaryl/α,β-unsaturated/α-hetero) is 1. The van der Waals surface area contributed by atoms with E-state index < -0.39 is 11.7 Å². The quantitative estimate of drug-likeness (QED) is 0.792. The molecule has 3 rings (SSSR count). The summed E-state index contributed by atoms with van der Waals surface area (Å²) in [4.78, 5) is 29.7. The fraction of sp³-hybridized carbons (Fsp3) is 0.286. The summed E-state index contributed by atoms with van der Waals surface area (Å²) >= 11 is 3.37. The Bertz CT molecular complexity index is 726. The van der Waals surface area contributed by atoms with Gasteiger partial charge in [-0.15, -0.1) is 0 Å². The monoisotopic (exact) mass is 349 g/mol. The molecule has 1 aliphatic rings. The highest BCUT2D eigenvalue weighted by atomic mass is 79.9. The van der Waals surface area contributed by atoms with Crippen molar-refractivity contribution in [2.45, 2.75) is 26.3 Å². The van der Waals surface area contributed by atoms with E-state index in [1.165, 1.54) is 4.90 Å². The van der Waals surface area contributed by atoms with Crippen LogP contribution in [-0.4, -0.2) is 21.8 Å². The molecule has 0 bridgehead atoms. The molecule has 1 amide bonds. The lowest BCUT2D eigenvalue weighted by molar-refractivity contribution is -0.114. The Hall–Kier alpha value is -2.02. The van der Waals surface area contributed by atoms with Crippen LogP contribution >= 0.6 is 15.9 Å². The van der Waals surface area contributed by atoms with Crippen LogP contribution in [0.1, 0.15) is 35.4 Å². The smallest absolute Gasteiger partial charge is 0.299 e. The van der Waals surface area contributed by atoms with Gasteiger partial charge in [0.1, 0.15) is 6.54 Å². The number of anilines is 1. The van der Waals surface area contributed by atoms with E-state index in [-0.39, 0.29) is 6.54 Å². The van der Waals surface area contributed by atoms with Crippen LogP contribution in [0.4, 0.5) is 5.69 Å². The van der Waals surface area contributed by atoms with Gasteiger partial charge in [-0.2, -0.15) is 4.98 Å². The first kappa shape index (κ1) is 13.9. The highest BCUT2D eigenvalue weighted by molar-refractivity contribution is 9.10. The predicted molar refractivity (Wildman–Crippen MR) is 78.0 cm³/mol. The minimum absolute atomic E-state index is 0.0941. The number of rotatable bonds is 4. The summed E-state index contributed by atoms with van der Waals surface area (Å²) in [5.74, 6) is -0.159. The Balaban J connectivity index is 1.92. The molecule has 0 atom stereocenters. The first-order chi connectivity index (χ1) is 10.1.